The average molecular weight is 302 g/mol. The van der Waals surface area contributed by atoms with Crippen molar-refractivity contribution in [2.45, 2.75) is 13.0 Å². The topological polar surface area (TPSA) is 53.6 Å². The largest absolute Gasteiger partial charge is 0.346 e. The van der Waals surface area contributed by atoms with Crippen molar-refractivity contribution in [3.63, 3.8) is 0 Å². The SMILES string of the molecule is N#Cc1ccc(-c2cncc3c2ccn3CC2CCNC2)cc1. The smallest absolute Gasteiger partial charge is 0.0991 e. The fourth-order valence-corrected chi connectivity index (χ4v) is 3.37. The van der Waals surface area contributed by atoms with E-state index in [1.807, 2.05) is 36.7 Å². The van der Waals surface area contributed by atoms with Crippen molar-refractivity contribution in [3.8, 4) is 17.2 Å². The predicted molar refractivity (Wildman–Crippen MR) is 90.9 cm³/mol. The van der Waals surface area contributed by atoms with Crippen LogP contribution in [0.3, 0.4) is 0 Å². The molecular formula is C19H18N4. The summed E-state index contributed by atoms with van der Waals surface area (Å²) >= 11 is 0. The van der Waals surface area contributed by atoms with Crippen molar-refractivity contribution in [2.24, 2.45) is 5.92 Å². The normalized spacial score (nSPS) is 17.4. The van der Waals surface area contributed by atoms with Gasteiger partial charge >= 0.3 is 0 Å². The number of benzene rings is 1. The molecule has 3 aromatic rings. The minimum atomic E-state index is 0.681. The van der Waals surface area contributed by atoms with E-state index >= 15 is 0 Å². The lowest BCUT2D eigenvalue weighted by atomic mass is 10.0. The molecule has 0 spiro atoms. The Balaban J connectivity index is 1.73. The van der Waals surface area contributed by atoms with Gasteiger partial charge < -0.3 is 9.88 Å². The molecule has 1 aliphatic rings. The van der Waals surface area contributed by atoms with Crippen LogP contribution in [0.25, 0.3) is 22.0 Å². The maximum Gasteiger partial charge on any atom is 0.0991 e. The molecule has 0 amide bonds. The molecule has 1 aliphatic heterocycles. The van der Waals surface area contributed by atoms with Gasteiger partial charge in [-0.3, -0.25) is 4.98 Å². The van der Waals surface area contributed by atoms with Gasteiger partial charge in [-0.2, -0.15) is 5.26 Å². The molecule has 23 heavy (non-hydrogen) atoms. The van der Waals surface area contributed by atoms with Gasteiger partial charge in [0, 0.05) is 29.9 Å². The van der Waals surface area contributed by atoms with E-state index in [0.29, 0.717) is 11.5 Å². The van der Waals surface area contributed by atoms with Crippen molar-refractivity contribution in [2.75, 3.05) is 13.1 Å². The highest BCUT2D eigenvalue weighted by Crippen LogP contribution is 2.29. The predicted octanol–water partition coefficient (Wildman–Crippen LogP) is 3.18. The van der Waals surface area contributed by atoms with Gasteiger partial charge in [0.25, 0.3) is 0 Å². The minimum Gasteiger partial charge on any atom is -0.346 e. The van der Waals surface area contributed by atoms with E-state index < -0.39 is 0 Å². The maximum absolute atomic E-state index is 8.94. The van der Waals surface area contributed by atoms with E-state index in [2.05, 4.69) is 33.2 Å². The van der Waals surface area contributed by atoms with E-state index in [9.17, 15) is 0 Å². The Bertz CT molecular complexity index is 865. The number of hydrogen-bond donors (Lipinski definition) is 1. The van der Waals surface area contributed by atoms with Crippen molar-refractivity contribution in [1.82, 2.24) is 14.9 Å². The Morgan fingerprint density at radius 2 is 2.09 bits per heavy atom. The standard InChI is InChI=1S/C19H18N4/c20-9-14-1-3-16(4-2-14)18-11-22-12-19-17(18)6-8-23(19)13-15-5-7-21-10-15/h1-4,6,8,11-12,15,21H,5,7,10,13H2. The van der Waals surface area contributed by atoms with Gasteiger partial charge in [-0.15, -0.1) is 0 Å². The summed E-state index contributed by atoms with van der Waals surface area (Å²) < 4.78 is 2.31. The maximum atomic E-state index is 8.94. The Hall–Kier alpha value is -2.64. The van der Waals surface area contributed by atoms with Crippen LogP contribution in [0.15, 0.2) is 48.9 Å². The summed E-state index contributed by atoms with van der Waals surface area (Å²) in [7, 11) is 0. The van der Waals surface area contributed by atoms with Gasteiger partial charge in [-0.1, -0.05) is 12.1 Å². The van der Waals surface area contributed by atoms with Crippen molar-refractivity contribution in [3.05, 3.63) is 54.5 Å². The van der Waals surface area contributed by atoms with Crippen molar-refractivity contribution < 1.29 is 0 Å². The lowest BCUT2D eigenvalue weighted by Gasteiger charge is -2.11. The van der Waals surface area contributed by atoms with Crippen LogP contribution in [0.2, 0.25) is 0 Å². The zero-order valence-electron chi connectivity index (χ0n) is 12.9. The molecule has 4 nitrogen and oxygen atoms in total. The molecule has 1 N–H and O–H groups in total. The molecule has 0 radical (unpaired) electrons. The summed E-state index contributed by atoms with van der Waals surface area (Å²) in [4.78, 5) is 4.44. The molecule has 1 unspecified atom stereocenters. The summed E-state index contributed by atoms with van der Waals surface area (Å²) in [5.41, 5.74) is 4.08. The molecule has 0 aliphatic carbocycles. The number of fused-ring (bicyclic) bond motifs is 1. The first-order valence-electron chi connectivity index (χ1n) is 7.99. The molecule has 1 atom stereocenters. The molecule has 1 saturated heterocycles. The highest BCUT2D eigenvalue weighted by atomic mass is 15.0. The van der Waals surface area contributed by atoms with Crippen LogP contribution in [-0.2, 0) is 6.54 Å². The van der Waals surface area contributed by atoms with Gasteiger partial charge in [-0.05, 0) is 49.2 Å². The summed E-state index contributed by atoms with van der Waals surface area (Å²) in [5.74, 6) is 0.698. The molecule has 0 saturated carbocycles. The minimum absolute atomic E-state index is 0.681. The number of nitriles is 1. The van der Waals surface area contributed by atoms with Crippen molar-refractivity contribution >= 4 is 10.9 Å². The third kappa shape index (κ3) is 2.60. The second-order valence-electron chi connectivity index (χ2n) is 6.14. The summed E-state index contributed by atoms with van der Waals surface area (Å²) in [6.45, 7) is 3.26. The molecule has 3 heterocycles. The Kier molecular flexibility index (Phi) is 3.57. The van der Waals surface area contributed by atoms with Crippen LogP contribution in [0.4, 0.5) is 0 Å². The van der Waals surface area contributed by atoms with Crippen LogP contribution < -0.4 is 5.32 Å². The van der Waals surface area contributed by atoms with Crippen molar-refractivity contribution in [1.29, 1.82) is 5.26 Å². The third-order valence-electron chi connectivity index (χ3n) is 4.64. The molecule has 1 aromatic carbocycles. The number of rotatable bonds is 3. The first kappa shape index (κ1) is 14.0. The van der Waals surface area contributed by atoms with Gasteiger partial charge in [0.05, 0.1) is 23.3 Å². The quantitative estimate of drug-likeness (QED) is 0.808. The monoisotopic (exact) mass is 302 g/mol. The van der Waals surface area contributed by atoms with Crippen LogP contribution in [0.1, 0.15) is 12.0 Å². The molecule has 4 rings (SSSR count). The third-order valence-corrected chi connectivity index (χ3v) is 4.64. The highest BCUT2D eigenvalue weighted by Gasteiger charge is 2.16. The summed E-state index contributed by atoms with van der Waals surface area (Å²) in [5, 5.41) is 13.6. The van der Waals surface area contributed by atoms with E-state index in [4.69, 9.17) is 5.26 Å². The van der Waals surface area contributed by atoms with Crippen LogP contribution in [0.5, 0.6) is 0 Å². The Morgan fingerprint density at radius 3 is 2.83 bits per heavy atom. The van der Waals surface area contributed by atoms with Gasteiger partial charge in [-0.25, -0.2) is 0 Å². The number of aromatic nitrogens is 2. The molecule has 2 aromatic heterocycles. The van der Waals surface area contributed by atoms with E-state index in [1.165, 1.54) is 17.3 Å². The zero-order chi connectivity index (χ0) is 15.6. The number of pyridine rings is 1. The molecule has 4 heteroatoms. The second kappa shape index (κ2) is 5.86. The Labute approximate surface area is 135 Å². The summed E-state index contributed by atoms with van der Waals surface area (Å²) in [6, 6.07) is 12.0. The van der Waals surface area contributed by atoms with Crippen LogP contribution >= 0.6 is 0 Å². The van der Waals surface area contributed by atoms with E-state index in [-0.39, 0.29) is 0 Å². The van der Waals surface area contributed by atoms with Gasteiger partial charge in [0.2, 0.25) is 0 Å². The fraction of sp³-hybridized carbons (Fsp3) is 0.263. The number of nitrogens with zero attached hydrogens (tertiary/aromatic N) is 3. The molecular weight excluding hydrogens is 284 g/mol. The fourth-order valence-electron chi connectivity index (χ4n) is 3.37. The van der Waals surface area contributed by atoms with Gasteiger partial charge in [0.15, 0.2) is 0 Å². The lowest BCUT2D eigenvalue weighted by molar-refractivity contribution is 0.491. The Morgan fingerprint density at radius 1 is 1.22 bits per heavy atom. The molecule has 1 fully saturated rings. The summed E-state index contributed by atoms with van der Waals surface area (Å²) in [6.07, 6.45) is 7.26. The average Bonchev–Trinajstić information content (AvgIpc) is 3.25. The first-order chi connectivity index (χ1) is 11.3. The van der Waals surface area contributed by atoms with E-state index in [0.717, 1.165) is 30.8 Å². The zero-order valence-corrected chi connectivity index (χ0v) is 12.9. The van der Waals surface area contributed by atoms with Crippen LogP contribution in [-0.4, -0.2) is 22.6 Å². The highest BCUT2D eigenvalue weighted by molar-refractivity contribution is 5.94. The molecule has 0 bridgehead atoms. The molecule has 114 valence electrons. The first-order valence-corrected chi connectivity index (χ1v) is 7.99. The lowest BCUT2D eigenvalue weighted by Crippen LogP contribution is -2.13. The van der Waals surface area contributed by atoms with E-state index in [1.54, 1.807) is 0 Å². The number of nitrogens with one attached hydrogen (secondary N) is 1. The number of hydrogen-bond acceptors (Lipinski definition) is 3. The second-order valence-corrected chi connectivity index (χ2v) is 6.14. The van der Waals surface area contributed by atoms with Crippen LogP contribution in [0, 0.1) is 17.2 Å². The van der Waals surface area contributed by atoms with Gasteiger partial charge in [0.1, 0.15) is 0 Å².